The number of halogens is 1. The van der Waals surface area contributed by atoms with Gasteiger partial charge >= 0.3 is 0 Å². The summed E-state index contributed by atoms with van der Waals surface area (Å²) in [7, 11) is -6.89. The Morgan fingerprint density at radius 3 is 2.09 bits per heavy atom. The summed E-state index contributed by atoms with van der Waals surface area (Å²) in [5.41, 5.74) is 0. The van der Waals surface area contributed by atoms with Crippen molar-refractivity contribution in [2.45, 2.75) is 36.8 Å². The molecule has 0 spiro atoms. The minimum absolute atomic E-state index is 0.0300. The molecule has 0 N–H and O–H groups in total. The molecule has 1 aromatic carbocycles. The van der Waals surface area contributed by atoms with Crippen molar-refractivity contribution in [3.63, 3.8) is 0 Å². The molecule has 0 aromatic heterocycles. The van der Waals surface area contributed by atoms with Gasteiger partial charge in [-0.05, 0) is 43.0 Å². The number of piperidine rings is 1. The van der Waals surface area contributed by atoms with Gasteiger partial charge in [0.05, 0.1) is 15.9 Å². The van der Waals surface area contributed by atoms with E-state index in [1.54, 1.807) is 0 Å². The highest BCUT2D eigenvalue weighted by atomic mass is 32.2. The second-order valence-electron chi connectivity index (χ2n) is 6.28. The SMILES string of the molecule is CC(C)CS(=O)(=O)C1CCN(S(=O)(=O)c2ccc(F)cc2)CC1. The number of hydrogen-bond donors (Lipinski definition) is 0. The number of rotatable bonds is 5. The first-order valence-electron chi connectivity index (χ1n) is 7.60. The molecule has 1 aromatic rings. The molecule has 1 fully saturated rings. The van der Waals surface area contributed by atoms with Gasteiger partial charge in [0.25, 0.3) is 0 Å². The van der Waals surface area contributed by atoms with Crippen LogP contribution in [0.4, 0.5) is 4.39 Å². The highest BCUT2D eigenvalue weighted by molar-refractivity contribution is 7.92. The molecule has 0 bridgehead atoms. The molecule has 0 unspecified atom stereocenters. The van der Waals surface area contributed by atoms with Crippen molar-refractivity contribution < 1.29 is 21.2 Å². The Hall–Kier alpha value is -0.990. The lowest BCUT2D eigenvalue weighted by Gasteiger charge is -2.31. The quantitative estimate of drug-likeness (QED) is 0.803. The van der Waals surface area contributed by atoms with E-state index in [-0.39, 0.29) is 29.7 Å². The van der Waals surface area contributed by atoms with E-state index in [0.717, 1.165) is 12.1 Å². The molecule has 1 aliphatic heterocycles. The monoisotopic (exact) mass is 363 g/mol. The third-order valence-corrected chi connectivity index (χ3v) is 8.46. The average Bonchev–Trinajstić information content (AvgIpc) is 2.46. The molecular formula is C15H22FNO4S2. The highest BCUT2D eigenvalue weighted by Crippen LogP contribution is 2.25. The molecule has 0 amide bonds. The molecule has 8 heteroatoms. The Bertz CT molecular complexity index is 734. The summed E-state index contributed by atoms with van der Waals surface area (Å²) >= 11 is 0. The summed E-state index contributed by atoms with van der Waals surface area (Å²) in [6.45, 7) is 4.04. The van der Waals surface area contributed by atoms with Crippen LogP contribution in [0.15, 0.2) is 29.2 Å². The summed E-state index contributed by atoms with van der Waals surface area (Å²) in [6.07, 6.45) is 0.602. The van der Waals surface area contributed by atoms with Crippen LogP contribution in [-0.2, 0) is 19.9 Å². The molecule has 1 aliphatic rings. The Morgan fingerprint density at radius 2 is 1.61 bits per heavy atom. The first-order valence-corrected chi connectivity index (χ1v) is 10.8. The second-order valence-corrected chi connectivity index (χ2v) is 10.5. The van der Waals surface area contributed by atoms with E-state index in [1.807, 2.05) is 13.8 Å². The third-order valence-electron chi connectivity index (χ3n) is 3.93. The zero-order chi connectivity index (χ0) is 17.3. The molecule has 130 valence electrons. The first kappa shape index (κ1) is 18.4. The number of benzene rings is 1. The molecule has 0 saturated carbocycles. The van der Waals surface area contributed by atoms with Crippen molar-refractivity contribution >= 4 is 19.9 Å². The van der Waals surface area contributed by atoms with Gasteiger partial charge in [0.2, 0.25) is 10.0 Å². The minimum atomic E-state index is -3.70. The fraction of sp³-hybridized carbons (Fsp3) is 0.600. The van der Waals surface area contributed by atoms with Crippen LogP contribution in [0, 0.1) is 11.7 Å². The van der Waals surface area contributed by atoms with Crippen molar-refractivity contribution in [2.75, 3.05) is 18.8 Å². The van der Waals surface area contributed by atoms with Crippen LogP contribution in [0.2, 0.25) is 0 Å². The lowest BCUT2D eigenvalue weighted by atomic mass is 10.2. The average molecular weight is 363 g/mol. The van der Waals surface area contributed by atoms with E-state index in [2.05, 4.69) is 0 Å². The summed E-state index contributed by atoms with van der Waals surface area (Å²) in [5, 5.41) is -0.482. The summed E-state index contributed by atoms with van der Waals surface area (Å²) in [6, 6.07) is 4.66. The second kappa shape index (κ2) is 6.86. The molecule has 1 saturated heterocycles. The van der Waals surface area contributed by atoms with Gasteiger partial charge in [-0.3, -0.25) is 0 Å². The molecule has 1 heterocycles. The molecule has 5 nitrogen and oxygen atoms in total. The number of nitrogens with zero attached hydrogens (tertiary/aromatic N) is 1. The molecule has 0 atom stereocenters. The van der Waals surface area contributed by atoms with Crippen LogP contribution < -0.4 is 0 Å². The first-order chi connectivity index (χ1) is 10.6. The largest absolute Gasteiger partial charge is 0.243 e. The fourth-order valence-electron chi connectivity index (χ4n) is 2.79. The Balaban J connectivity index is 2.08. The van der Waals surface area contributed by atoms with Crippen molar-refractivity contribution in [3.05, 3.63) is 30.1 Å². The van der Waals surface area contributed by atoms with Crippen molar-refractivity contribution in [2.24, 2.45) is 5.92 Å². The number of sulfonamides is 1. The smallest absolute Gasteiger partial charge is 0.229 e. The zero-order valence-corrected chi connectivity index (χ0v) is 14.9. The van der Waals surface area contributed by atoms with Crippen LogP contribution in [0.25, 0.3) is 0 Å². The standard InChI is InChI=1S/C15H22FNO4S2/c1-12(2)11-22(18,19)14-7-9-17(10-8-14)23(20,21)15-5-3-13(16)4-6-15/h3-6,12,14H,7-11H2,1-2H3. The number of sulfone groups is 1. The van der Waals surface area contributed by atoms with Gasteiger partial charge in [-0.15, -0.1) is 0 Å². The Labute approximate surface area is 137 Å². The van der Waals surface area contributed by atoms with Crippen LogP contribution in [-0.4, -0.2) is 45.2 Å². The lowest BCUT2D eigenvalue weighted by molar-refractivity contribution is 0.345. The van der Waals surface area contributed by atoms with E-state index in [0.29, 0.717) is 12.8 Å². The van der Waals surface area contributed by atoms with Crippen molar-refractivity contribution in [1.82, 2.24) is 4.31 Å². The van der Waals surface area contributed by atoms with E-state index in [4.69, 9.17) is 0 Å². The van der Waals surface area contributed by atoms with Gasteiger partial charge in [-0.25, -0.2) is 21.2 Å². The minimum Gasteiger partial charge on any atom is -0.229 e. The van der Waals surface area contributed by atoms with Crippen molar-refractivity contribution in [1.29, 1.82) is 0 Å². The van der Waals surface area contributed by atoms with E-state index in [1.165, 1.54) is 16.4 Å². The predicted octanol–water partition coefficient (Wildman–Crippen LogP) is 2.05. The summed E-state index contributed by atoms with van der Waals surface area (Å²) in [5.74, 6) is -0.314. The molecule has 23 heavy (non-hydrogen) atoms. The maximum absolute atomic E-state index is 12.9. The predicted molar refractivity (Wildman–Crippen MR) is 86.8 cm³/mol. The maximum Gasteiger partial charge on any atom is 0.243 e. The van der Waals surface area contributed by atoms with E-state index >= 15 is 0 Å². The fourth-order valence-corrected chi connectivity index (χ4v) is 6.39. The van der Waals surface area contributed by atoms with Crippen molar-refractivity contribution in [3.8, 4) is 0 Å². The third kappa shape index (κ3) is 4.30. The van der Waals surface area contributed by atoms with Gasteiger partial charge in [0.15, 0.2) is 9.84 Å². The molecule has 0 aliphatic carbocycles. The Morgan fingerprint density at radius 1 is 1.09 bits per heavy atom. The maximum atomic E-state index is 12.9. The molecular weight excluding hydrogens is 341 g/mol. The van der Waals surface area contributed by atoms with E-state index < -0.39 is 30.9 Å². The van der Waals surface area contributed by atoms with Gasteiger partial charge in [0, 0.05) is 13.1 Å². The highest BCUT2D eigenvalue weighted by Gasteiger charge is 2.35. The molecule has 0 radical (unpaired) electrons. The normalized spacial score (nSPS) is 18.4. The topological polar surface area (TPSA) is 71.5 Å². The van der Waals surface area contributed by atoms with Crippen LogP contribution in [0.3, 0.4) is 0 Å². The summed E-state index contributed by atoms with van der Waals surface area (Å²) < 4.78 is 63.7. The van der Waals surface area contributed by atoms with Gasteiger partial charge in [-0.1, -0.05) is 13.8 Å². The number of hydrogen-bond acceptors (Lipinski definition) is 4. The van der Waals surface area contributed by atoms with Gasteiger partial charge in [0.1, 0.15) is 5.82 Å². The van der Waals surface area contributed by atoms with Crippen LogP contribution >= 0.6 is 0 Å². The summed E-state index contributed by atoms with van der Waals surface area (Å²) in [4.78, 5) is 0.0300. The van der Waals surface area contributed by atoms with Crippen LogP contribution in [0.1, 0.15) is 26.7 Å². The zero-order valence-electron chi connectivity index (χ0n) is 13.3. The lowest BCUT2D eigenvalue weighted by Crippen LogP contribution is -2.43. The van der Waals surface area contributed by atoms with Gasteiger partial charge in [-0.2, -0.15) is 4.31 Å². The Kier molecular flexibility index (Phi) is 5.48. The van der Waals surface area contributed by atoms with Gasteiger partial charge < -0.3 is 0 Å². The van der Waals surface area contributed by atoms with Crippen LogP contribution in [0.5, 0.6) is 0 Å². The molecule has 2 rings (SSSR count). The van der Waals surface area contributed by atoms with E-state index in [9.17, 15) is 21.2 Å².